The number of hydrogen-bond acceptors (Lipinski definition) is 4. The molecule has 4 nitrogen and oxygen atoms in total. The number of nitrogens with two attached hydrogens (primary N) is 1. The lowest BCUT2D eigenvalue weighted by molar-refractivity contribution is -0.137. The van der Waals surface area contributed by atoms with Gasteiger partial charge in [-0.3, -0.25) is 4.79 Å². The molecule has 0 fully saturated rings. The third kappa shape index (κ3) is 2.03. The zero-order valence-electron chi connectivity index (χ0n) is 8.32. The number of hydrogen-bond donors (Lipinski definition) is 1. The SMILES string of the molecule is Nc1nc(C=O)c2cc(C(F)(F)F)ccc2n1. The van der Waals surface area contributed by atoms with Crippen molar-refractivity contribution in [3.63, 3.8) is 0 Å². The Balaban J connectivity index is 2.76. The largest absolute Gasteiger partial charge is 0.416 e. The normalized spacial score (nSPS) is 11.7. The van der Waals surface area contributed by atoms with Crippen LogP contribution < -0.4 is 5.73 Å². The molecule has 0 bridgehead atoms. The van der Waals surface area contributed by atoms with Gasteiger partial charge in [-0.2, -0.15) is 13.2 Å². The Morgan fingerprint density at radius 2 is 1.94 bits per heavy atom. The lowest BCUT2D eigenvalue weighted by Gasteiger charge is -2.08. The number of alkyl halides is 3. The van der Waals surface area contributed by atoms with Gasteiger partial charge in [-0.1, -0.05) is 0 Å². The fourth-order valence-electron chi connectivity index (χ4n) is 1.44. The molecule has 88 valence electrons. The molecule has 0 unspecified atom stereocenters. The van der Waals surface area contributed by atoms with Crippen molar-refractivity contribution in [3.8, 4) is 0 Å². The lowest BCUT2D eigenvalue weighted by atomic mass is 10.1. The maximum absolute atomic E-state index is 12.5. The molecule has 1 aromatic heterocycles. The molecule has 0 amide bonds. The van der Waals surface area contributed by atoms with Crippen molar-refractivity contribution in [3.05, 3.63) is 29.5 Å². The maximum atomic E-state index is 12.5. The van der Waals surface area contributed by atoms with Crippen LogP contribution in [-0.2, 0) is 6.18 Å². The van der Waals surface area contributed by atoms with Crippen molar-refractivity contribution < 1.29 is 18.0 Å². The summed E-state index contributed by atoms with van der Waals surface area (Å²) < 4.78 is 37.4. The Kier molecular flexibility index (Phi) is 2.45. The van der Waals surface area contributed by atoms with Crippen LogP contribution in [0.1, 0.15) is 16.1 Å². The molecule has 0 spiro atoms. The van der Waals surface area contributed by atoms with Crippen LogP contribution in [0.2, 0.25) is 0 Å². The first-order chi connectivity index (χ1) is 7.91. The second-order valence-electron chi connectivity index (χ2n) is 3.31. The minimum atomic E-state index is -4.48. The quantitative estimate of drug-likeness (QED) is 0.775. The van der Waals surface area contributed by atoms with E-state index in [4.69, 9.17) is 5.73 Å². The van der Waals surface area contributed by atoms with Gasteiger partial charge in [0.05, 0.1) is 11.1 Å². The summed E-state index contributed by atoms with van der Waals surface area (Å²) in [5.41, 5.74) is 4.51. The summed E-state index contributed by atoms with van der Waals surface area (Å²) in [6.07, 6.45) is -4.13. The van der Waals surface area contributed by atoms with E-state index in [1.165, 1.54) is 0 Å². The number of carbonyl (C=O) groups is 1. The molecule has 0 aliphatic carbocycles. The zero-order chi connectivity index (χ0) is 12.6. The van der Waals surface area contributed by atoms with Gasteiger partial charge < -0.3 is 5.73 Å². The molecule has 0 saturated heterocycles. The minimum absolute atomic E-state index is 0.0315. The molecule has 0 aliphatic rings. The molecular weight excluding hydrogens is 235 g/mol. The van der Waals surface area contributed by atoms with Gasteiger partial charge in [0.25, 0.3) is 0 Å². The van der Waals surface area contributed by atoms with Gasteiger partial charge in [-0.25, -0.2) is 9.97 Å². The van der Waals surface area contributed by atoms with Gasteiger partial charge in [-0.05, 0) is 18.2 Å². The molecule has 2 aromatic rings. The minimum Gasteiger partial charge on any atom is -0.368 e. The van der Waals surface area contributed by atoms with Gasteiger partial charge in [-0.15, -0.1) is 0 Å². The summed E-state index contributed by atoms with van der Waals surface area (Å²) in [6, 6.07) is 2.87. The van der Waals surface area contributed by atoms with E-state index < -0.39 is 11.7 Å². The van der Waals surface area contributed by atoms with Gasteiger partial charge in [0, 0.05) is 5.39 Å². The van der Waals surface area contributed by atoms with Crippen molar-refractivity contribution in [2.45, 2.75) is 6.18 Å². The van der Waals surface area contributed by atoms with Crippen molar-refractivity contribution in [2.75, 3.05) is 5.73 Å². The predicted octanol–water partition coefficient (Wildman–Crippen LogP) is 2.04. The number of carbonyl (C=O) groups excluding carboxylic acids is 1. The Bertz CT molecular complexity index is 595. The van der Waals surface area contributed by atoms with Crippen LogP contribution in [0.3, 0.4) is 0 Å². The Morgan fingerprint density at radius 3 is 2.53 bits per heavy atom. The molecule has 7 heteroatoms. The summed E-state index contributed by atoms with van der Waals surface area (Å²) >= 11 is 0. The van der Waals surface area contributed by atoms with Gasteiger partial charge in [0.15, 0.2) is 6.29 Å². The molecule has 0 atom stereocenters. The molecule has 0 aliphatic heterocycles. The van der Waals surface area contributed by atoms with E-state index in [0.29, 0.717) is 6.29 Å². The van der Waals surface area contributed by atoms with E-state index in [-0.39, 0.29) is 22.5 Å². The second kappa shape index (κ2) is 3.69. The summed E-state index contributed by atoms with van der Waals surface area (Å²) in [6.45, 7) is 0. The number of aldehydes is 1. The van der Waals surface area contributed by atoms with Crippen molar-refractivity contribution in [2.24, 2.45) is 0 Å². The molecular formula is C10H6F3N3O. The Labute approximate surface area is 93.3 Å². The number of nitrogens with zero attached hydrogens (tertiary/aromatic N) is 2. The van der Waals surface area contributed by atoms with E-state index in [2.05, 4.69) is 9.97 Å². The summed E-state index contributed by atoms with van der Waals surface area (Å²) in [5.74, 6) is -0.153. The highest BCUT2D eigenvalue weighted by molar-refractivity contribution is 5.95. The first-order valence-corrected chi connectivity index (χ1v) is 4.51. The number of nitrogen functional groups attached to an aromatic ring is 1. The van der Waals surface area contributed by atoms with Crippen molar-refractivity contribution in [1.82, 2.24) is 9.97 Å². The smallest absolute Gasteiger partial charge is 0.368 e. The molecule has 2 N–H and O–H groups in total. The average Bonchev–Trinajstić information content (AvgIpc) is 2.25. The Hall–Kier alpha value is -2.18. The Morgan fingerprint density at radius 1 is 1.24 bits per heavy atom. The van der Waals surface area contributed by atoms with E-state index in [1.807, 2.05) is 0 Å². The van der Waals surface area contributed by atoms with Crippen LogP contribution in [0.25, 0.3) is 10.9 Å². The average molecular weight is 241 g/mol. The monoisotopic (exact) mass is 241 g/mol. The number of rotatable bonds is 1. The van der Waals surface area contributed by atoms with Crippen LogP contribution in [0.5, 0.6) is 0 Å². The fourth-order valence-corrected chi connectivity index (χ4v) is 1.44. The van der Waals surface area contributed by atoms with E-state index in [0.717, 1.165) is 18.2 Å². The molecule has 2 rings (SSSR count). The van der Waals surface area contributed by atoms with E-state index in [9.17, 15) is 18.0 Å². The number of halogens is 3. The molecule has 1 heterocycles. The molecule has 0 radical (unpaired) electrons. The van der Waals surface area contributed by atoms with Crippen molar-refractivity contribution in [1.29, 1.82) is 0 Å². The van der Waals surface area contributed by atoms with Crippen LogP contribution in [-0.4, -0.2) is 16.3 Å². The van der Waals surface area contributed by atoms with Crippen molar-refractivity contribution >= 4 is 23.1 Å². The number of anilines is 1. The summed E-state index contributed by atoms with van der Waals surface area (Å²) in [4.78, 5) is 18.0. The first-order valence-electron chi connectivity index (χ1n) is 4.51. The van der Waals surface area contributed by atoms with Crippen LogP contribution in [0, 0.1) is 0 Å². The summed E-state index contributed by atoms with van der Waals surface area (Å²) in [7, 11) is 0. The molecule has 17 heavy (non-hydrogen) atoms. The molecule has 0 saturated carbocycles. The first kappa shape index (κ1) is 11.3. The second-order valence-corrected chi connectivity index (χ2v) is 3.31. The van der Waals surface area contributed by atoms with Crippen LogP contribution >= 0.6 is 0 Å². The third-order valence-corrected chi connectivity index (χ3v) is 2.18. The summed E-state index contributed by atoms with van der Waals surface area (Å²) in [5, 5.41) is 0.0315. The zero-order valence-corrected chi connectivity index (χ0v) is 8.32. The number of benzene rings is 1. The standard InChI is InChI=1S/C10H6F3N3O/c11-10(12,13)5-1-2-7-6(3-5)8(4-17)16-9(14)15-7/h1-4H,(H2,14,15,16). The predicted molar refractivity (Wildman–Crippen MR) is 54.3 cm³/mol. The van der Waals surface area contributed by atoms with E-state index >= 15 is 0 Å². The highest BCUT2D eigenvalue weighted by atomic mass is 19.4. The number of fused-ring (bicyclic) bond motifs is 1. The third-order valence-electron chi connectivity index (χ3n) is 2.18. The van der Waals surface area contributed by atoms with Gasteiger partial charge >= 0.3 is 6.18 Å². The highest BCUT2D eigenvalue weighted by Gasteiger charge is 2.30. The molecule has 1 aromatic carbocycles. The topological polar surface area (TPSA) is 68.9 Å². The highest BCUT2D eigenvalue weighted by Crippen LogP contribution is 2.31. The van der Waals surface area contributed by atoms with Crippen LogP contribution in [0.4, 0.5) is 19.1 Å². The number of aromatic nitrogens is 2. The van der Waals surface area contributed by atoms with Gasteiger partial charge in [0.1, 0.15) is 5.69 Å². The lowest BCUT2D eigenvalue weighted by Crippen LogP contribution is -2.06. The van der Waals surface area contributed by atoms with Gasteiger partial charge in [0.2, 0.25) is 5.95 Å². The van der Waals surface area contributed by atoms with Crippen LogP contribution in [0.15, 0.2) is 18.2 Å². The van der Waals surface area contributed by atoms with E-state index in [1.54, 1.807) is 0 Å². The fraction of sp³-hybridized carbons (Fsp3) is 0.100. The maximum Gasteiger partial charge on any atom is 0.416 e.